The van der Waals surface area contributed by atoms with Gasteiger partial charge in [-0.1, -0.05) is 39.8 Å². The molecule has 0 atom stereocenters. The molecule has 0 saturated carbocycles. The molecule has 0 bridgehead atoms. The third-order valence-corrected chi connectivity index (χ3v) is 5.03. The highest BCUT2D eigenvalue weighted by molar-refractivity contribution is 8.02. The van der Waals surface area contributed by atoms with Gasteiger partial charge < -0.3 is 0 Å². The van der Waals surface area contributed by atoms with E-state index in [2.05, 4.69) is 63.7 Å². The van der Waals surface area contributed by atoms with Gasteiger partial charge >= 0.3 is 0 Å². The molecule has 0 aliphatic rings. The van der Waals surface area contributed by atoms with Crippen molar-refractivity contribution in [3.8, 4) is 0 Å². The SMILES string of the molecule is CCCSCCSc1ccc(C(C)(C)C)cc1. The molecular weight excluding hydrogens is 244 g/mol. The third-order valence-electron chi connectivity index (χ3n) is 2.57. The zero-order valence-electron chi connectivity index (χ0n) is 11.5. The van der Waals surface area contributed by atoms with Gasteiger partial charge in [-0.3, -0.25) is 0 Å². The molecule has 0 saturated heterocycles. The van der Waals surface area contributed by atoms with E-state index >= 15 is 0 Å². The van der Waals surface area contributed by atoms with Gasteiger partial charge in [0, 0.05) is 16.4 Å². The van der Waals surface area contributed by atoms with Crippen molar-refractivity contribution in [1.29, 1.82) is 0 Å². The molecule has 17 heavy (non-hydrogen) atoms. The Bertz CT molecular complexity index is 309. The lowest BCUT2D eigenvalue weighted by Crippen LogP contribution is -2.10. The maximum Gasteiger partial charge on any atom is 0.00724 e. The van der Waals surface area contributed by atoms with Gasteiger partial charge in [0.05, 0.1) is 0 Å². The molecule has 0 nitrogen and oxygen atoms in total. The van der Waals surface area contributed by atoms with Crippen molar-refractivity contribution in [2.24, 2.45) is 0 Å². The number of hydrogen-bond donors (Lipinski definition) is 0. The standard InChI is InChI=1S/C15H24S2/c1-5-10-16-11-12-17-14-8-6-13(7-9-14)15(2,3)4/h6-9H,5,10-12H2,1-4H3. The first-order valence-corrected chi connectivity index (χ1v) is 8.49. The van der Waals surface area contributed by atoms with Gasteiger partial charge in [-0.15, -0.1) is 11.8 Å². The van der Waals surface area contributed by atoms with Crippen LogP contribution in [0.1, 0.15) is 39.7 Å². The maximum absolute atomic E-state index is 2.27. The topological polar surface area (TPSA) is 0 Å². The van der Waals surface area contributed by atoms with Crippen LogP contribution in [0.3, 0.4) is 0 Å². The second kappa shape index (κ2) is 7.38. The molecule has 0 radical (unpaired) electrons. The Balaban J connectivity index is 2.36. The van der Waals surface area contributed by atoms with Gasteiger partial charge in [0.25, 0.3) is 0 Å². The average Bonchev–Trinajstić information content (AvgIpc) is 2.28. The summed E-state index contributed by atoms with van der Waals surface area (Å²) < 4.78 is 0. The molecule has 0 unspecified atom stereocenters. The van der Waals surface area contributed by atoms with Crippen LogP contribution in [0, 0.1) is 0 Å². The molecule has 0 spiro atoms. The summed E-state index contributed by atoms with van der Waals surface area (Å²) in [5.41, 5.74) is 1.68. The fraction of sp³-hybridized carbons (Fsp3) is 0.600. The minimum Gasteiger partial charge on any atom is -0.161 e. The Morgan fingerprint density at radius 1 is 0.941 bits per heavy atom. The lowest BCUT2D eigenvalue weighted by atomic mass is 9.87. The molecule has 1 rings (SSSR count). The van der Waals surface area contributed by atoms with E-state index in [0.717, 1.165) is 0 Å². The van der Waals surface area contributed by atoms with Crippen molar-refractivity contribution in [3.63, 3.8) is 0 Å². The van der Waals surface area contributed by atoms with E-state index in [-0.39, 0.29) is 5.41 Å². The molecule has 0 aliphatic carbocycles. The van der Waals surface area contributed by atoms with Gasteiger partial charge in [-0.25, -0.2) is 0 Å². The Morgan fingerprint density at radius 3 is 2.12 bits per heavy atom. The lowest BCUT2D eigenvalue weighted by molar-refractivity contribution is 0.590. The van der Waals surface area contributed by atoms with E-state index in [1.807, 2.05) is 11.8 Å². The van der Waals surface area contributed by atoms with Crippen LogP contribution < -0.4 is 0 Å². The van der Waals surface area contributed by atoms with Gasteiger partial charge in [-0.2, -0.15) is 11.8 Å². The van der Waals surface area contributed by atoms with E-state index in [9.17, 15) is 0 Å². The fourth-order valence-corrected chi connectivity index (χ4v) is 3.38. The molecule has 0 aromatic heterocycles. The smallest absolute Gasteiger partial charge is 0.00724 e. The first-order chi connectivity index (χ1) is 8.04. The number of benzene rings is 1. The van der Waals surface area contributed by atoms with Crippen molar-refractivity contribution in [2.45, 2.75) is 44.4 Å². The van der Waals surface area contributed by atoms with Gasteiger partial charge in [0.1, 0.15) is 0 Å². The highest BCUT2D eigenvalue weighted by Gasteiger charge is 2.12. The lowest BCUT2D eigenvalue weighted by Gasteiger charge is -2.19. The summed E-state index contributed by atoms with van der Waals surface area (Å²) in [6.45, 7) is 9.02. The van der Waals surface area contributed by atoms with E-state index in [1.54, 1.807) is 0 Å². The highest BCUT2D eigenvalue weighted by Crippen LogP contribution is 2.26. The molecule has 96 valence electrons. The summed E-state index contributed by atoms with van der Waals surface area (Å²) in [4.78, 5) is 1.40. The van der Waals surface area contributed by atoms with Crippen LogP contribution in [0.5, 0.6) is 0 Å². The van der Waals surface area contributed by atoms with Crippen molar-refractivity contribution in [3.05, 3.63) is 29.8 Å². The summed E-state index contributed by atoms with van der Waals surface area (Å²) >= 11 is 4.03. The summed E-state index contributed by atoms with van der Waals surface area (Å²) in [7, 11) is 0. The molecule has 0 heterocycles. The van der Waals surface area contributed by atoms with Crippen LogP contribution in [0.15, 0.2) is 29.2 Å². The zero-order valence-corrected chi connectivity index (χ0v) is 13.1. The molecular formula is C15H24S2. The van der Waals surface area contributed by atoms with Gasteiger partial charge in [0.15, 0.2) is 0 Å². The number of rotatable bonds is 6. The van der Waals surface area contributed by atoms with Crippen molar-refractivity contribution in [2.75, 3.05) is 17.3 Å². The molecule has 1 aromatic carbocycles. The summed E-state index contributed by atoms with van der Waals surface area (Å²) in [6, 6.07) is 9.05. The van der Waals surface area contributed by atoms with Crippen LogP contribution in [0.2, 0.25) is 0 Å². The van der Waals surface area contributed by atoms with Crippen LogP contribution in [-0.4, -0.2) is 17.3 Å². The second-order valence-electron chi connectivity index (χ2n) is 5.24. The van der Waals surface area contributed by atoms with Gasteiger partial charge in [0.2, 0.25) is 0 Å². The van der Waals surface area contributed by atoms with Crippen LogP contribution in [0.25, 0.3) is 0 Å². The van der Waals surface area contributed by atoms with Crippen LogP contribution >= 0.6 is 23.5 Å². The van der Waals surface area contributed by atoms with E-state index in [4.69, 9.17) is 0 Å². The Hall–Kier alpha value is -0.0800. The first-order valence-electron chi connectivity index (χ1n) is 6.35. The Labute approximate surface area is 115 Å². The van der Waals surface area contributed by atoms with Crippen LogP contribution in [0.4, 0.5) is 0 Å². The van der Waals surface area contributed by atoms with Gasteiger partial charge in [-0.05, 0) is 35.3 Å². The Morgan fingerprint density at radius 2 is 1.59 bits per heavy atom. The largest absolute Gasteiger partial charge is 0.161 e. The predicted octanol–water partition coefficient (Wildman–Crippen LogP) is 5.22. The first kappa shape index (κ1) is 15.0. The predicted molar refractivity (Wildman–Crippen MR) is 83.5 cm³/mol. The van der Waals surface area contributed by atoms with Crippen molar-refractivity contribution in [1.82, 2.24) is 0 Å². The summed E-state index contributed by atoms with van der Waals surface area (Å²) in [5.74, 6) is 3.78. The minimum absolute atomic E-state index is 0.264. The number of thioether (sulfide) groups is 2. The normalized spacial score (nSPS) is 11.8. The second-order valence-corrected chi connectivity index (χ2v) is 7.63. The molecule has 0 aliphatic heterocycles. The quantitative estimate of drug-likeness (QED) is 0.512. The summed E-state index contributed by atoms with van der Waals surface area (Å²) in [6.07, 6.45) is 1.29. The zero-order chi connectivity index (χ0) is 12.7. The molecule has 2 heteroatoms. The minimum atomic E-state index is 0.264. The molecule has 0 N–H and O–H groups in total. The van der Waals surface area contributed by atoms with E-state index in [1.165, 1.54) is 34.1 Å². The monoisotopic (exact) mass is 268 g/mol. The molecule has 0 fully saturated rings. The fourth-order valence-electron chi connectivity index (χ4n) is 1.52. The molecule has 0 amide bonds. The molecule has 1 aromatic rings. The third kappa shape index (κ3) is 5.87. The number of hydrogen-bond acceptors (Lipinski definition) is 2. The van der Waals surface area contributed by atoms with Crippen LogP contribution in [-0.2, 0) is 5.41 Å². The average molecular weight is 268 g/mol. The van der Waals surface area contributed by atoms with Crippen molar-refractivity contribution >= 4 is 23.5 Å². The van der Waals surface area contributed by atoms with Crippen molar-refractivity contribution < 1.29 is 0 Å². The summed E-state index contributed by atoms with van der Waals surface area (Å²) in [5, 5.41) is 0. The van der Waals surface area contributed by atoms with E-state index < -0.39 is 0 Å². The Kier molecular flexibility index (Phi) is 6.50. The van der Waals surface area contributed by atoms with E-state index in [0.29, 0.717) is 0 Å². The highest BCUT2D eigenvalue weighted by atomic mass is 32.2. The maximum atomic E-state index is 2.27.